The van der Waals surface area contributed by atoms with Crippen molar-refractivity contribution >= 4 is 33.2 Å². The highest BCUT2D eigenvalue weighted by atomic mass is 35.5. The molecular weight excluding hydrogens is 304 g/mol. The lowest BCUT2D eigenvalue weighted by Gasteiger charge is -2.06. The van der Waals surface area contributed by atoms with E-state index >= 15 is 0 Å². The van der Waals surface area contributed by atoms with E-state index in [4.69, 9.17) is 16.7 Å². The number of nitrogens with zero attached hydrogens (tertiary/aromatic N) is 2. The number of carbonyl (C=O) groups excluding carboxylic acids is 1. The van der Waals surface area contributed by atoms with Gasteiger partial charge in [0.1, 0.15) is 4.90 Å². The van der Waals surface area contributed by atoms with Crippen molar-refractivity contribution in [3.05, 3.63) is 41.2 Å². The molecule has 1 aromatic heterocycles. The number of anilines is 1. The number of carbonyl (C=O) groups is 1. The zero-order valence-corrected chi connectivity index (χ0v) is 11.9. The van der Waals surface area contributed by atoms with Crippen LogP contribution in [-0.4, -0.2) is 24.1 Å². The summed E-state index contributed by atoms with van der Waals surface area (Å²) in [5, 5.41) is 11.4. The highest BCUT2D eigenvalue weighted by Gasteiger charge is 2.14. The van der Waals surface area contributed by atoms with E-state index in [1.54, 1.807) is 13.2 Å². The van der Waals surface area contributed by atoms with Crippen LogP contribution in [0, 0.1) is 0 Å². The van der Waals surface area contributed by atoms with Gasteiger partial charge in [-0.3, -0.25) is 9.48 Å². The smallest absolute Gasteiger partial charge is 0.258 e. The Morgan fingerprint density at radius 3 is 2.65 bits per heavy atom. The lowest BCUT2D eigenvalue weighted by molar-refractivity contribution is 0.102. The van der Waals surface area contributed by atoms with Crippen molar-refractivity contribution in [2.75, 3.05) is 5.32 Å². The molecule has 0 unspecified atom stereocenters. The second-order valence-electron chi connectivity index (χ2n) is 4.05. The molecule has 0 spiro atoms. The first-order valence-electron chi connectivity index (χ1n) is 5.40. The average Bonchev–Trinajstić information content (AvgIpc) is 2.74. The average molecular weight is 315 g/mol. The molecule has 0 bridgehead atoms. The Morgan fingerprint density at radius 1 is 1.45 bits per heavy atom. The predicted molar refractivity (Wildman–Crippen MR) is 74.0 cm³/mol. The summed E-state index contributed by atoms with van der Waals surface area (Å²) in [5.74, 6) is -0.377. The minimum Gasteiger partial charge on any atom is -0.322 e. The van der Waals surface area contributed by atoms with Crippen molar-refractivity contribution in [2.24, 2.45) is 12.2 Å². The molecule has 0 aliphatic rings. The van der Waals surface area contributed by atoms with E-state index in [9.17, 15) is 13.2 Å². The molecule has 0 atom stereocenters. The van der Waals surface area contributed by atoms with Gasteiger partial charge in [0.15, 0.2) is 0 Å². The molecule has 9 heteroatoms. The fourth-order valence-electron chi connectivity index (χ4n) is 1.55. The third kappa shape index (κ3) is 3.16. The van der Waals surface area contributed by atoms with E-state index in [1.807, 2.05) is 0 Å². The second-order valence-corrected chi connectivity index (χ2v) is 5.98. The predicted octanol–water partition coefficient (Wildman–Crippen LogP) is 0.973. The zero-order chi connectivity index (χ0) is 14.9. The first kappa shape index (κ1) is 14.5. The summed E-state index contributed by atoms with van der Waals surface area (Å²) >= 11 is 5.82. The Labute approximate surface area is 120 Å². The van der Waals surface area contributed by atoms with E-state index in [0.717, 1.165) is 0 Å². The summed E-state index contributed by atoms with van der Waals surface area (Å²) in [6.45, 7) is 0. The number of nitrogens with one attached hydrogen (secondary N) is 1. The van der Waals surface area contributed by atoms with Crippen LogP contribution in [0.3, 0.4) is 0 Å². The van der Waals surface area contributed by atoms with E-state index in [-0.39, 0.29) is 15.8 Å². The Balaban J connectivity index is 2.23. The Morgan fingerprint density at radius 2 is 2.15 bits per heavy atom. The standard InChI is InChI=1S/C11H11ClN4O3S/c1-16-6-7(5-14-16)11(17)15-8-2-3-10(9(12)4-8)20(13,18)19/h2-6H,1H3,(H,15,17)(H2,13,18,19). The van der Waals surface area contributed by atoms with Gasteiger partial charge in [-0.25, -0.2) is 13.6 Å². The molecule has 0 aliphatic carbocycles. The van der Waals surface area contributed by atoms with Crippen LogP contribution < -0.4 is 10.5 Å². The lowest BCUT2D eigenvalue weighted by atomic mass is 10.3. The van der Waals surface area contributed by atoms with Gasteiger partial charge in [-0.2, -0.15) is 5.10 Å². The number of hydrogen-bond acceptors (Lipinski definition) is 4. The van der Waals surface area contributed by atoms with Gasteiger partial charge in [0.25, 0.3) is 5.91 Å². The van der Waals surface area contributed by atoms with Crippen LogP contribution in [0.2, 0.25) is 5.02 Å². The fraction of sp³-hybridized carbons (Fsp3) is 0.0909. The summed E-state index contributed by atoms with van der Waals surface area (Å²) in [7, 11) is -2.20. The monoisotopic (exact) mass is 314 g/mol. The second kappa shape index (κ2) is 5.23. The Bertz CT molecular complexity index is 770. The summed E-state index contributed by atoms with van der Waals surface area (Å²) < 4.78 is 23.9. The topological polar surface area (TPSA) is 107 Å². The Kier molecular flexibility index (Phi) is 3.80. The van der Waals surface area contributed by atoms with Crippen molar-refractivity contribution in [3.8, 4) is 0 Å². The number of aryl methyl sites for hydroxylation is 1. The van der Waals surface area contributed by atoms with Gasteiger partial charge in [0.05, 0.1) is 16.8 Å². The number of aromatic nitrogens is 2. The number of rotatable bonds is 3. The first-order valence-corrected chi connectivity index (χ1v) is 7.32. The molecule has 0 saturated carbocycles. The molecule has 2 aromatic rings. The molecule has 1 heterocycles. The highest BCUT2D eigenvalue weighted by molar-refractivity contribution is 7.89. The summed E-state index contributed by atoms with van der Waals surface area (Å²) in [6.07, 6.45) is 2.96. The number of amides is 1. The zero-order valence-electron chi connectivity index (χ0n) is 10.4. The number of sulfonamides is 1. The Hall–Kier alpha value is -1.90. The van der Waals surface area contributed by atoms with Crippen molar-refractivity contribution in [1.82, 2.24) is 9.78 Å². The van der Waals surface area contributed by atoms with Crippen LogP contribution in [0.15, 0.2) is 35.5 Å². The molecule has 20 heavy (non-hydrogen) atoms. The van der Waals surface area contributed by atoms with Crippen molar-refractivity contribution in [1.29, 1.82) is 0 Å². The number of nitrogens with two attached hydrogens (primary N) is 1. The first-order chi connectivity index (χ1) is 9.27. The number of primary sulfonamides is 1. The summed E-state index contributed by atoms with van der Waals surface area (Å²) in [6, 6.07) is 3.95. The molecule has 106 valence electrons. The third-order valence-corrected chi connectivity index (χ3v) is 3.86. The van der Waals surface area contributed by atoms with Gasteiger partial charge < -0.3 is 5.32 Å². The minimum absolute atomic E-state index is 0.0588. The van der Waals surface area contributed by atoms with E-state index in [1.165, 1.54) is 29.1 Å². The molecule has 1 amide bonds. The molecule has 0 aliphatic heterocycles. The van der Waals surface area contributed by atoms with Gasteiger partial charge in [0.2, 0.25) is 10.0 Å². The maximum absolute atomic E-state index is 11.9. The molecule has 2 rings (SSSR count). The van der Waals surface area contributed by atoms with Crippen LogP contribution >= 0.6 is 11.6 Å². The number of hydrogen-bond donors (Lipinski definition) is 2. The number of halogens is 1. The number of benzene rings is 1. The van der Waals surface area contributed by atoms with Crippen LogP contribution in [0.5, 0.6) is 0 Å². The van der Waals surface area contributed by atoms with Crippen LogP contribution in [0.4, 0.5) is 5.69 Å². The van der Waals surface area contributed by atoms with Gasteiger partial charge >= 0.3 is 0 Å². The van der Waals surface area contributed by atoms with Crippen LogP contribution in [0.25, 0.3) is 0 Å². The van der Waals surface area contributed by atoms with Crippen molar-refractivity contribution < 1.29 is 13.2 Å². The molecule has 3 N–H and O–H groups in total. The molecule has 0 fully saturated rings. The van der Waals surface area contributed by atoms with Crippen molar-refractivity contribution in [3.63, 3.8) is 0 Å². The summed E-state index contributed by atoms with van der Waals surface area (Å²) in [5.41, 5.74) is 0.732. The SMILES string of the molecule is Cn1cc(C(=O)Nc2ccc(S(N)(=O)=O)c(Cl)c2)cn1. The molecule has 0 saturated heterocycles. The van der Waals surface area contributed by atoms with Gasteiger partial charge in [-0.05, 0) is 18.2 Å². The van der Waals surface area contributed by atoms with Crippen LogP contribution in [0.1, 0.15) is 10.4 Å². The van der Waals surface area contributed by atoms with E-state index in [0.29, 0.717) is 11.3 Å². The molecule has 1 aromatic carbocycles. The van der Waals surface area contributed by atoms with Crippen LogP contribution in [-0.2, 0) is 17.1 Å². The van der Waals surface area contributed by atoms with Gasteiger partial charge in [-0.15, -0.1) is 0 Å². The summed E-state index contributed by atoms with van der Waals surface area (Å²) in [4.78, 5) is 11.7. The minimum atomic E-state index is -3.89. The van der Waals surface area contributed by atoms with E-state index < -0.39 is 10.0 Å². The highest BCUT2D eigenvalue weighted by Crippen LogP contribution is 2.24. The lowest BCUT2D eigenvalue weighted by Crippen LogP contribution is -2.14. The normalized spacial score (nSPS) is 11.3. The van der Waals surface area contributed by atoms with Gasteiger partial charge in [0, 0.05) is 18.9 Å². The molecule has 0 radical (unpaired) electrons. The quantitative estimate of drug-likeness (QED) is 0.880. The molecule has 7 nitrogen and oxygen atoms in total. The van der Waals surface area contributed by atoms with Gasteiger partial charge in [-0.1, -0.05) is 11.6 Å². The maximum atomic E-state index is 11.9. The van der Waals surface area contributed by atoms with E-state index in [2.05, 4.69) is 10.4 Å². The fourth-order valence-corrected chi connectivity index (χ4v) is 2.64. The largest absolute Gasteiger partial charge is 0.322 e. The molecular formula is C11H11ClN4O3S. The third-order valence-electron chi connectivity index (χ3n) is 2.46. The maximum Gasteiger partial charge on any atom is 0.258 e. The van der Waals surface area contributed by atoms with Crippen molar-refractivity contribution in [2.45, 2.75) is 4.90 Å².